The van der Waals surface area contributed by atoms with Gasteiger partial charge >= 0.3 is 0 Å². The monoisotopic (exact) mass is 244 g/mol. The third-order valence-electron chi connectivity index (χ3n) is 5.26. The van der Waals surface area contributed by atoms with Crippen LogP contribution < -0.4 is 0 Å². The summed E-state index contributed by atoms with van der Waals surface area (Å²) in [4.78, 5) is 0. The van der Waals surface area contributed by atoms with Crippen molar-refractivity contribution in [2.24, 2.45) is 5.92 Å². The Morgan fingerprint density at radius 3 is 2.28 bits per heavy atom. The summed E-state index contributed by atoms with van der Waals surface area (Å²) in [6, 6.07) is 10.7. The Morgan fingerprint density at radius 1 is 1.06 bits per heavy atom. The van der Waals surface area contributed by atoms with Crippen molar-refractivity contribution in [1.29, 1.82) is 0 Å². The predicted molar refractivity (Wildman–Crippen MR) is 74.6 cm³/mol. The highest BCUT2D eigenvalue weighted by Gasteiger charge is 2.43. The van der Waals surface area contributed by atoms with Crippen LogP contribution in [0.3, 0.4) is 0 Å². The molecule has 0 spiro atoms. The normalized spacial score (nSPS) is 24.7. The van der Waals surface area contributed by atoms with Gasteiger partial charge in [0.15, 0.2) is 0 Å². The molecule has 0 aliphatic heterocycles. The lowest BCUT2D eigenvalue weighted by Crippen LogP contribution is -2.39. The van der Waals surface area contributed by atoms with Crippen molar-refractivity contribution in [2.75, 3.05) is 0 Å². The summed E-state index contributed by atoms with van der Waals surface area (Å²) in [6.45, 7) is 0. The zero-order valence-corrected chi connectivity index (χ0v) is 11.1. The summed E-state index contributed by atoms with van der Waals surface area (Å²) in [6.07, 6.45) is 9.82. The highest BCUT2D eigenvalue weighted by Crippen LogP contribution is 2.46. The predicted octanol–water partition coefficient (Wildman–Crippen LogP) is 4.05. The van der Waals surface area contributed by atoms with Gasteiger partial charge in [0.2, 0.25) is 0 Å². The van der Waals surface area contributed by atoms with E-state index in [4.69, 9.17) is 0 Å². The molecule has 0 bridgehead atoms. The van der Waals surface area contributed by atoms with Crippen LogP contribution in [0.25, 0.3) is 0 Å². The maximum absolute atomic E-state index is 10.8. The maximum atomic E-state index is 10.8. The second-order valence-electron chi connectivity index (χ2n) is 6.28. The summed E-state index contributed by atoms with van der Waals surface area (Å²) in [5, 5.41) is 10.8. The van der Waals surface area contributed by atoms with Gasteiger partial charge in [0.25, 0.3) is 0 Å². The molecule has 1 N–H and O–H groups in total. The highest BCUT2D eigenvalue weighted by molar-refractivity contribution is 5.28. The van der Waals surface area contributed by atoms with Gasteiger partial charge in [-0.2, -0.15) is 0 Å². The Bertz CT molecular complexity index is 374. The highest BCUT2D eigenvalue weighted by atomic mass is 16.3. The van der Waals surface area contributed by atoms with E-state index in [0.717, 1.165) is 12.3 Å². The fraction of sp³-hybridized carbons (Fsp3) is 0.647. The second-order valence-corrected chi connectivity index (χ2v) is 6.28. The Hall–Kier alpha value is -0.820. The first-order valence-electron chi connectivity index (χ1n) is 7.55. The smallest absolute Gasteiger partial charge is 0.0639 e. The molecule has 0 amide bonds. The molecule has 0 radical (unpaired) electrons. The van der Waals surface area contributed by atoms with E-state index in [0.29, 0.717) is 0 Å². The van der Waals surface area contributed by atoms with Gasteiger partial charge in [-0.05, 0) is 30.7 Å². The first kappa shape index (κ1) is 12.2. The summed E-state index contributed by atoms with van der Waals surface area (Å²) < 4.78 is 0. The number of rotatable bonds is 4. The van der Waals surface area contributed by atoms with E-state index >= 15 is 0 Å². The lowest BCUT2D eigenvalue weighted by atomic mass is 9.69. The van der Waals surface area contributed by atoms with Crippen molar-refractivity contribution in [2.45, 2.75) is 62.9 Å². The van der Waals surface area contributed by atoms with Gasteiger partial charge in [-0.1, -0.05) is 62.4 Å². The molecule has 0 saturated heterocycles. The standard InChI is InChI=1S/C17H24O/c18-16(13-14-7-6-8-14)17(11-4-5-12-17)15-9-2-1-3-10-15/h1-3,9-10,14,16,18H,4-8,11-13H2. The molecule has 1 aromatic rings. The number of aliphatic hydroxyl groups is 1. The molecular weight excluding hydrogens is 220 g/mol. The lowest BCUT2D eigenvalue weighted by molar-refractivity contribution is 0.0454. The van der Waals surface area contributed by atoms with Gasteiger partial charge in [0.1, 0.15) is 0 Å². The first-order valence-corrected chi connectivity index (χ1v) is 7.55. The Balaban J connectivity index is 1.81. The largest absolute Gasteiger partial charge is 0.392 e. The second kappa shape index (κ2) is 5.05. The fourth-order valence-corrected chi connectivity index (χ4v) is 3.86. The third-order valence-corrected chi connectivity index (χ3v) is 5.26. The Morgan fingerprint density at radius 2 is 1.72 bits per heavy atom. The van der Waals surface area contributed by atoms with E-state index in [2.05, 4.69) is 30.3 Å². The summed E-state index contributed by atoms with van der Waals surface area (Å²) in [5.74, 6) is 0.793. The lowest BCUT2D eigenvalue weighted by Gasteiger charge is -2.38. The average Bonchev–Trinajstić information content (AvgIpc) is 2.85. The minimum absolute atomic E-state index is 0.0663. The zero-order chi connectivity index (χ0) is 12.4. The molecule has 98 valence electrons. The van der Waals surface area contributed by atoms with E-state index in [-0.39, 0.29) is 11.5 Å². The van der Waals surface area contributed by atoms with Crippen molar-refractivity contribution in [3.8, 4) is 0 Å². The Kier molecular flexibility index (Phi) is 3.43. The van der Waals surface area contributed by atoms with Gasteiger partial charge in [0, 0.05) is 5.41 Å². The van der Waals surface area contributed by atoms with E-state index < -0.39 is 0 Å². The van der Waals surface area contributed by atoms with Crippen LogP contribution in [0.2, 0.25) is 0 Å². The van der Waals surface area contributed by atoms with E-state index in [9.17, 15) is 5.11 Å². The molecule has 18 heavy (non-hydrogen) atoms. The van der Waals surface area contributed by atoms with Gasteiger partial charge in [-0.15, -0.1) is 0 Å². The zero-order valence-electron chi connectivity index (χ0n) is 11.1. The van der Waals surface area contributed by atoms with Gasteiger partial charge in [-0.3, -0.25) is 0 Å². The van der Waals surface area contributed by atoms with E-state index in [1.165, 1.54) is 50.5 Å². The van der Waals surface area contributed by atoms with Crippen LogP contribution in [0.15, 0.2) is 30.3 Å². The van der Waals surface area contributed by atoms with Crippen molar-refractivity contribution < 1.29 is 5.11 Å². The molecule has 0 aromatic heterocycles. The van der Waals surface area contributed by atoms with Crippen LogP contribution in [-0.2, 0) is 5.41 Å². The maximum Gasteiger partial charge on any atom is 0.0639 e. The van der Waals surface area contributed by atoms with Gasteiger partial charge in [0.05, 0.1) is 6.10 Å². The molecular formula is C17H24O. The SMILES string of the molecule is OC(CC1CCC1)C1(c2ccccc2)CCCC1. The van der Waals surface area contributed by atoms with Crippen molar-refractivity contribution in [3.63, 3.8) is 0 Å². The van der Waals surface area contributed by atoms with Crippen molar-refractivity contribution in [3.05, 3.63) is 35.9 Å². The van der Waals surface area contributed by atoms with Crippen LogP contribution >= 0.6 is 0 Å². The van der Waals surface area contributed by atoms with Crippen LogP contribution in [0.5, 0.6) is 0 Å². The van der Waals surface area contributed by atoms with Gasteiger partial charge in [-0.25, -0.2) is 0 Å². The molecule has 1 unspecified atom stereocenters. The van der Waals surface area contributed by atoms with E-state index in [1.54, 1.807) is 0 Å². The third kappa shape index (κ3) is 2.09. The van der Waals surface area contributed by atoms with Crippen LogP contribution in [0.4, 0.5) is 0 Å². The molecule has 2 aliphatic rings. The molecule has 2 fully saturated rings. The number of hydrogen-bond acceptors (Lipinski definition) is 1. The van der Waals surface area contributed by atoms with Crippen LogP contribution in [0.1, 0.15) is 56.9 Å². The topological polar surface area (TPSA) is 20.2 Å². The fourth-order valence-electron chi connectivity index (χ4n) is 3.86. The number of hydrogen-bond donors (Lipinski definition) is 1. The van der Waals surface area contributed by atoms with Gasteiger partial charge < -0.3 is 5.11 Å². The molecule has 0 heterocycles. The molecule has 2 saturated carbocycles. The molecule has 1 nitrogen and oxygen atoms in total. The molecule has 2 aliphatic carbocycles. The average molecular weight is 244 g/mol. The molecule has 3 rings (SSSR count). The van der Waals surface area contributed by atoms with Crippen LogP contribution in [-0.4, -0.2) is 11.2 Å². The minimum Gasteiger partial charge on any atom is -0.392 e. The minimum atomic E-state index is -0.132. The Labute approximate surface area is 110 Å². The summed E-state index contributed by atoms with van der Waals surface area (Å²) in [7, 11) is 0. The molecule has 1 heteroatoms. The van der Waals surface area contributed by atoms with Crippen molar-refractivity contribution in [1.82, 2.24) is 0 Å². The van der Waals surface area contributed by atoms with Crippen LogP contribution in [0, 0.1) is 5.92 Å². The van der Waals surface area contributed by atoms with E-state index in [1.807, 2.05) is 0 Å². The summed E-state index contributed by atoms with van der Waals surface area (Å²) >= 11 is 0. The molecule has 1 aromatic carbocycles. The number of benzene rings is 1. The van der Waals surface area contributed by atoms with Crippen molar-refractivity contribution >= 4 is 0 Å². The summed E-state index contributed by atoms with van der Waals surface area (Å²) in [5.41, 5.74) is 1.44. The first-order chi connectivity index (χ1) is 8.81. The molecule has 1 atom stereocenters. The quantitative estimate of drug-likeness (QED) is 0.847. The number of aliphatic hydroxyl groups excluding tert-OH is 1.